The molecule has 0 atom stereocenters. The Labute approximate surface area is 181 Å². The van der Waals surface area contributed by atoms with Gasteiger partial charge in [-0.1, -0.05) is 64.4 Å². The monoisotopic (exact) mass is 455 g/mol. The summed E-state index contributed by atoms with van der Waals surface area (Å²) in [6.45, 7) is 5.26. The third-order valence-electron chi connectivity index (χ3n) is 3.33. The molecule has 0 aliphatic heterocycles. The molecule has 0 aliphatic carbocycles. The van der Waals surface area contributed by atoms with E-state index in [9.17, 15) is 0 Å². The molecular weight excluding hydrogens is 432 g/mol. The molecule has 27 heavy (non-hydrogen) atoms. The average molecular weight is 457 g/mol. The van der Waals surface area contributed by atoms with Crippen LogP contribution in [-0.4, -0.2) is 25.5 Å². The second kappa shape index (κ2) is 14.2. The summed E-state index contributed by atoms with van der Waals surface area (Å²) in [5.74, 6) is 0.991. The summed E-state index contributed by atoms with van der Waals surface area (Å²) in [6.07, 6.45) is 6.74. The molecule has 0 fully saturated rings. The van der Waals surface area contributed by atoms with Gasteiger partial charge in [0.25, 0.3) is 0 Å². The zero-order chi connectivity index (χ0) is 20.1. The lowest BCUT2D eigenvalue weighted by Gasteiger charge is -2.12. The van der Waals surface area contributed by atoms with Crippen LogP contribution in [0.2, 0.25) is 10.0 Å². The van der Waals surface area contributed by atoms with Crippen LogP contribution >= 0.6 is 46.4 Å². The molecular formula is C19H25Cl4NO3. The summed E-state index contributed by atoms with van der Waals surface area (Å²) in [7, 11) is 0. The predicted octanol–water partition coefficient (Wildman–Crippen LogP) is 7.43. The van der Waals surface area contributed by atoms with E-state index < -0.39 is 0 Å². The van der Waals surface area contributed by atoms with Crippen LogP contribution in [0.5, 0.6) is 11.5 Å². The number of benzene rings is 1. The Morgan fingerprint density at radius 2 is 1.52 bits per heavy atom. The Hall–Kier alpha value is -0.810. The summed E-state index contributed by atoms with van der Waals surface area (Å²) >= 11 is 23.5. The molecule has 4 nitrogen and oxygen atoms in total. The van der Waals surface area contributed by atoms with E-state index in [1.807, 2.05) is 13.8 Å². The van der Waals surface area contributed by atoms with Crippen LogP contribution in [0.4, 0.5) is 0 Å². The van der Waals surface area contributed by atoms with Gasteiger partial charge < -0.3 is 14.3 Å². The Kier molecular flexibility index (Phi) is 12.8. The minimum Gasteiger partial charge on any atom is -0.490 e. The third-order valence-corrected chi connectivity index (χ3v) is 4.20. The number of rotatable bonds is 13. The second-order valence-corrected chi connectivity index (χ2v) is 7.83. The molecule has 0 radical (unpaired) electrons. The normalized spacial score (nSPS) is 10.3. The number of halogens is 4. The fourth-order valence-corrected chi connectivity index (χ4v) is 2.81. The number of nitrogens with zero attached hydrogens (tertiary/aromatic N) is 1. The molecule has 0 aliphatic rings. The molecule has 152 valence electrons. The molecule has 0 bridgehead atoms. The van der Waals surface area contributed by atoms with Crippen molar-refractivity contribution < 1.29 is 14.3 Å². The number of ether oxygens (including phenoxy) is 2. The van der Waals surface area contributed by atoms with Gasteiger partial charge in [-0.05, 0) is 39.2 Å². The van der Waals surface area contributed by atoms with Crippen LogP contribution in [0.3, 0.4) is 0 Å². The van der Waals surface area contributed by atoms with Crippen molar-refractivity contribution in [2.75, 3.05) is 19.8 Å². The first-order valence-corrected chi connectivity index (χ1v) is 10.3. The lowest BCUT2D eigenvalue weighted by Crippen LogP contribution is -2.00. The van der Waals surface area contributed by atoms with Gasteiger partial charge in [-0.2, -0.15) is 0 Å². The van der Waals surface area contributed by atoms with E-state index >= 15 is 0 Å². The lowest BCUT2D eigenvalue weighted by atomic mass is 10.1. The van der Waals surface area contributed by atoms with Gasteiger partial charge in [0.2, 0.25) is 0 Å². The first kappa shape index (κ1) is 24.2. The molecule has 0 saturated carbocycles. The molecule has 0 aromatic heterocycles. The second-order valence-electron chi connectivity index (χ2n) is 6.01. The van der Waals surface area contributed by atoms with Crippen molar-refractivity contribution in [1.82, 2.24) is 0 Å². The Morgan fingerprint density at radius 1 is 0.926 bits per heavy atom. The van der Waals surface area contributed by atoms with E-state index in [1.54, 1.807) is 12.1 Å². The van der Waals surface area contributed by atoms with Gasteiger partial charge in [0.15, 0.2) is 5.75 Å². The first-order chi connectivity index (χ1) is 12.9. The van der Waals surface area contributed by atoms with E-state index in [0.29, 0.717) is 34.8 Å². The first-order valence-electron chi connectivity index (χ1n) is 8.79. The molecule has 0 spiro atoms. The average Bonchev–Trinajstić information content (AvgIpc) is 2.58. The Balaban J connectivity index is 2.24. The summed E-state index contributed by atoms with van der Waals surface area (Å²) < 4.78 is 11.3. The maximum atomic E-state index is 6.23. The van der Waals surface area contributed by atoms with E-state index in [1.165, 1.54) is 6.08 Å². The quantitative estimate of drug-likeness (QED) is 0.176. The highest BCUT2D eigenvalue weighted by Gasteiger charge is 2.10. The van der Waals surface area contributed by atoms with Gasteiger partial charge in [0.1, 0.15) is 23.5 Å². The van der Waals surface area contributed by atoms with Crippen LogP contribution in [0.15, 0.2) is 27.9 Å². The number of hydrogen-bond acceptors (Lipinski definition) is 4. The minimum atomic E-state index is 0.143. The number of unbranched alkanes of at least 4 members (excludes halogenated alkanes) is 4. The minimum absolute atomic E-state index is 0.143. The zero-order valence-corrected chi connectivity index (χ0v) is 18.6. The van der Waals surface area contributed by atoms with Crippen molar-refractivity contribution in [2.24, 2.45) is 5.16 Å². The van der Waals surface area contributed by atoms with Crippen LogP contribution in [0.25, 0.3) is 0 Å². The number of hydrogen-bond donors (Lipinski definition) is 0. The van der Waals surface area contributed by atoms with Crippen LogP contribution in [0, 0.1) is 0 Å². The molecule has 0 N–H and O–H groups in total. The molecule has 0 saturated heterocycles. The maximum absolute atomic E-state index is 6.23. The third kappa shape index (κ3) is 11.6. The fourth-order valence-electron chi connectivity index (χ4n) is 2.11. The van der Waals surface area contributed by atoms with Gasteiger partial charge in [-0.15, -0.1) is 0 Å². The van der Waals surface area contributed by atoms with E-state index in [0.717, 1.165) is 37.8 Å². The summed E-state index contributed by atoms with van der Waals surface area (Å²) in [5, 5.41) is 4.71. The van der Waals surface area contributed by atoms with Gasteiger partial charge in [0, 0.05) is 12.1 Å². The SMILES string of the molecule is CC(C)=NOCCCCCCCOc1c(Cl)cc(OCC=C(Cl)Cl)cc1Cl. The fraction of sp³-hybridized carbons (Fsp3) is 0.526. The van der Waals surface area contributed by atoms with Crippen molar-refractivity contribution in [3.63, 3.8) is 0 Å². The highest BCUT2D eigenvalue weighted by atomic mass is 35.5. The van der Waals surface area contributed by atoms with Gasteiger partial charge in [-0.25, -0.2) is 0 Å². The highest BCUT2D eigenvalue weighted by molar-refractivity contribution is 6.55. The van der Waals surface area contributed by atoms with Crippen molar-refractivity contribution in [1.29, 1.82) is 0 Å². The van der Waals surface area contributed by atoms with E-state index in [4.69, 9.17) is 60.7 Å². The summed E-state index contributed by atoms with van der Waals surface area (Å²) in [4.78, 5) is 5.16. The predicted molar refractivity (Wildman–Crippen MR) is 115 cm³/mol. The van der Waals surface area contributed by atoms with Crippen LogP contribution in [0.1, 0.15) is 46.0 Å². The van der Waals surface area contributed by atoms with E-state index in [2.05, 4.69) is 5.16 Å². The van der Waals surface area contributed by atoms with Gasteiger partial charge in [-0.3, -0.25) is 0 Å². The molecule has 0 unspecified atom stereocenters. The van der Waals surface area contributed by atoms with Gasteiger partial charge >= 0.3 is 0 Å². The maximum Gasteiger partial charge on any atom is 0.156 e. The molecule has 1 rings (SSSR count). The molecule has 0 amide bonds. The van der Waals surface area contributed by atoms with E-state index in [-0.39, 0.29) is 11.1 Å². The summed E-state index contributed by atoms with van der Waals surface area (Å²) in [6, 6.07) is 3.30. The summed E-state index contributed by atoms with van der Waals surface area (Å²) in [5.41, 5.74) is 0.931. The van der Waals surface area contributed by atoms with Crippen molar-refractivity contribution >= 4 is 52.1 Å². The number of oxime groups is 1. The molecule has 8 heteroatoms. The van der Waals surface area contributed by atoms with Crippen molar-refractivity contribution in [2.45, 2.75) is 46.0 Å². The highest BCUT2D eigenvalue weighted by Crippen LogP contribution is 2.37. The largest absolute Gasteiger partial charge is 0.490 e. The molecule has 0 heterocycles. The standard InChI is InChI=1S/C19H25Cl4NO3/c1-14(2)24-27-10-7-5-3-4-6-9-26-19-16(20)12-15(13-17(19)21)25-11-8-18(22)23/h8,12-13H,3-7,9-11H2,1-2H3. The smallest absolute Gasteiger partial charge is 0.156 e. The Bertz CT molecular complexity index is 604. The van der Waals surface area contributed by atoms with Crippen molar-refractivity contribution in [3.05, 3.63) is 32.7 Å². The Morgan fingerprint density at radius 3 is 2.11 bits per heavy atom. The van der Waals surface area contributed by atoms with Crippen LogP contribution < -0.4 is 9.47 Å². The molecule has 1 aromatic carbocycles. The van der Waals surface area contributed by atoms with Crippen molar-refractivity contribution in [3.8, 4) is 11.5 Å². The lowest BCUT2D eigenvalue weighted by molar-refractivity contribution is 0.139. The van der Waals surface area contributed by atoms with Gasteiger partial charge in [0.05, 0.1) is 22.4 Å². The van der Waals surface area contributed by atoms with Crippen LogP contribution in [-0.2, 0) is 4.84 Å². The topological polar surface area (TPSA) is 40.0 Å². The molecule has 1 aromatic rings. The zero-order valence-electron chi connectivity index (χ0n) is 15.6.